The van der Waals surface area contributed by atoms with E-state index in [1.54, 1.807) is 4.90 Å². The van der Waals surface area contributed by atoms with Crippen LogP contribution in [0.15, 0.2) is 30.3 Å². The number of likely N-dealkylation sites (tertiary alicyclic amines) is 1. The van der Waals surface area contributed by atoms with Gasteiger partial charge in [0.25, 0.3) is 0 Å². The molecule has 43 heavy (non-hydrogen) atoms. The highest BCUT2D eigenvalue weighted by molar-refractivity contribution is 5.79. The predicted octanol–water partition coefficient (Wildman–Crippen LogP) is 4.78. The number of nitrogens with zero attached hydrogens (tertiary/aromatic N) is 1. The number of amides is 2. The third-order valence-corrected chi connectivity index (χ3v) is 7.76. The summed E-state index contributed by atoms with van der Waals surface area (Å²) in [4.78, 5) is 39.4. The fourth-order valence-electron chi connectivity index (χ4n) is 5.97. The van der Waals surface area contributed by atoms with Crippen LogP contribution in [0, 0.1) is 0 Å². The van der Waals surface area contributed by atoms with Crippen LogP contribution < -0.4 is 5.32 Å². The molecule has 1 N–H and O–H groups in total. The van der Waals surface area contributed by atoms with Gasteiger partial charge < -0.3 is 33.9 Å². The number of morpholine rings is 1. The van der Waals surface area contributed by atoms with Crippen LogP contribution in [0.3, 0.4) is 0 Å². The minimum Gasteiger partial charge on any atom is -0.458 e. The smallest absolute Gasteiger partial charge is 0.410 e. The summed E-state index contributed by atoms with van der Waals surface area (Å²) in [6, 6.07) is 7.66. The average molecular weight is 601 g/mol. The number of esters is 1. The number of hydrogen-bond acceptors (Lipinski definition) is 8. The maximum absolute atomic E-state index is 13.2. The van der Waals surface area contributed by atoms with Crippen LogP contribution in [-0.2, 0) is 39.9 Å². The van der Waals surface area contributed by atoms with Crippen molar-refractivity contribution in [2.24, 2.45) is 0 Å². The largest absolute Gasteiger partial charge is 0.458 e. The van der Waals surface area contributed by atoms with Crippen molar-refractivity contribution in [2.45, 2.75) is 109 Å². The van der Waals surface area contributed by atoms with Gasteiger partial charge in [0, 0.05) is 6.54 Å². The van der Waals surface area contributed by atoms with Gasteiger partial charge in [-0.25, -0.2) is 9.59 Å². The van der Waals surface area contributed by atoms with Gasteiger partial charge in [-0.15, -0.1) is 0 Å². The van der Waals surface area contributed by atoms with Crippen LogP contribution in [0.5, 0.6) is 0 Å². The van der Waals surface area contributed by atoms with Gasteiger partial charge in [-0.1, -0.05) is 30.3 Å². The second-order valence-corrected chi connectivity index (χ2v) is 13.7. The Hall–Kier alpha value is -2.95. The summed E-state index contributed by atoms with van der Waals surface area (Å²) < 4.78 is 28.9. The van der Waals surface area contributed by atoms with Crippen LogP contribution in [-0.4, -0.2) is 84.7 Å². The Morgan fingerprint density at radius 3 is 2.51 bits per heavy atom. The van der Waals surface area contributed by atoms with Crippen LogP contribution in [0.4, 0.5) is 4.79 Å². The predicted molar refractivity (Wildman–Crippen MR) is 161 cm³/mol. The molecule has 2 fully saturated rings. The number of carbonyl (C=O) groups is 3. The second-order valence-electron chi connectivity index (χ2n) is 13.7. The molecular formula is C33H48N2O8. The van der Waals surface area contributed by atoms with E-state index in [0.29, 0.717) is 26.2 Å². The highest BCUT2D eigenvalue weighted by Crippen LogP contribution is 2.34. The van der Waals surface area contributed by atoms with Gasteiger partial charge in [-0.05, 0) is 90.3 Å². The van der Waals surface area contributed by atoms with Gasteiger partial charge in [-0.2, -0.15) is 0 Å². The van der Waals surface area contributed by atoms with Gasteiger partial charge in [0.1, 0.15) is 24.4 Å². The second kappa shape index (κ2) is 13.8. The molecule has 238 valence electrons. The van der Waals surface area contributed by atoms with E-state index in [2.05, 4.69) is 17.5 Å². The zero-order valence-electron chi connectivity index (χ0n) is 26.5. The van der Waals surface area contributed by atoms with Crippen molar-refractivity contribution in [1.82, 2.24) is 10.2 Å². The van der Waals surface area contributed by atoms with Crippen LogP contribution in [0.2, 0.25) is 0 Å². The van der Waals surface area contributed by atoms with Crippen molar-refractivity contribution < 1.29 is 38.1 Å². The minimum absolute atomic E-state index is 0.0193. The Labute approximate surface area is 255 Å². The summed E-state index contributed by atoms with van der Waals surface area (Å²) in [6.07, 6.45) is 5.55. The number of hydrogen-bond donors (Lipinski definition) is 1. The summed E-state index contributed by atoms with van der Waals surface area (Å²) >= 11 is 0. The van der Waals surface area contributed by atoms with E-state index in [1.165, 1.54) is 5.57 Å². The zero-order chi connectivity index (χ0) is 31.3. The molecular weight excluding hydrogens is 552 g/mol. The van der Waals surface area contributed by atoms with Crippen molar-refractivity contribution in [3.05, 3.63) is 41.5 Å². The third kappa shape index (κ3) is 9.27. The minimum atomic E-state index is -0.710. The van der Waals surface area contributed by atoms with E-state index in [9.17, 15) is 14.4 Å². The van der Waals surface area contributed by atoms with Crippen LogP contribution >= 0.6 is 0 Å². The molecule has 3 aliphatic rings. The first-order chi connectivity index (χ1) is 20.2. The maximum atomic E-state index is 13.2. The van der Waals surface area contributed by atoms with Gasteiger partial charge >= 0.3 is 12.1 Å². The monoisotopic (exact) mass is 600 g/mol. The molecule has 0 radical (unpaired) electrons. The molecule has 2 aliphatic heterocycles. The number of ether oxygens (including phenoxy) is 5. The average Bonchev–Trinajstić information content (AvgIpc) is 2.91. The standard InChI is InChI=1S/C33H48N2O8/c1-31(2,3)42-29(37)21-39-18-24-10-7-8-11-26(24)23-12-14-25(15-13-23)41-19-27-33(22-40-20-28(36)34-33)16-9-17-35(27)30(38)43-32(4,5)6/h7-8,10-12,25,27H,9,13-22H2,1-6H3,(H,34,36). The van der Waals surface area contributed by atoms with E-state index < -0.39 is 28.9 Å². The van der Waals surface area contributed by atoms with E-state index in [4.69, 9.17) is 23.7 Å². The summed E-state index contributed by atoms with van der Waals surface area (Å²) in [6.45, 7) is 12.4. The van der Waals surface area contributed by atoms with Crippen molar-refractivity contribution >= 4 is 23.5 Å². The van der Waals surface area contributed by atoms with Crippen molar-refractivity contribution in [3.8, 4) is 0 Å². The Morgan fingerprint density at radius 1 is 1.09 bits per heavy atom. The summed E-state index contributed by atoms with van der Waals surface area (Å²) in [7, 11) is 0. The molecule has 10 heteroatoms. The molecule has 2 heterocycles. The molecule has 0 bridgehead atoms. The molecule has 2 amide bonds. The Kier molecular flexibility index (Phi) is 10.6. The Morgan fingerprint density at radius 2 is 1.84 bits per heavy atom. The zero-order valence-corrected chi connectivity index (χ0v) is 26.5. The summed E-state index contributed by atoms with van der Waals surface area (Å²) in [5, 5.41) is 3.14. The van der Waals surface area contributed by atoms with Crippen LogP contribution in [0.1, 0.15) is 84.8 Å². The summed E-state index contributed by atoms with van der Waals surface area (Å²) in [5.41, 5.74) is 1.44. The Balaban J connectivity index is 1.39. The number of piperidine rings is 1. The lowest BCUT2D eigenvalue weighted by molar-refractivity contribution is -0.160. The SMILES string of the molecule is CC(C)(C)OC(=O)COCc1ccccc1C1=CCC(OCC2N(C(=O)OC(C)(C)C)CCCC23COCC(=O)N3)CC1. The molecule has 1 aromatic carbocycles. The van der Waals surface area contributed by atoms with E-state index >= 15 is 0 Å². The van der Waals surface area contributed by atoms with Crippen LogP contribution in [0.25, 0.3) is 5.57 Å². The fourth-order valence-corrected chi connectivity index (χ4v) is 5.97. The molecule has 1 spiro atoms. The van der Waals surface area contributed by atoms with E-state index in [-0.39, 0.29) is 37.8 Å². The first-order valence-electron chi connectivity index (χ1n) is 15.3. The lowest BCUT2D eigenvalue weighted by Crippen LogP contribution is -2.72. The molecule has 2 saturated heterocycles. The number of allylic oxidation sites excluding steroid dienone is 1. The number of benzene rings is 1. The molecule has 1 aliphatic carbocycles. The van der Waals surface area contributed by atoms with Gasteiger partial charge in [-0.3, -0.25) is 4.79 Å². The highest BCUT2D eigenvalue weighted by atomic mass is 16.6. The first kappa shape index (κ1) is 33.0. The lowest BCUT2D eigenvalue weighted by atomic mass is 9.81. The number of carbonyl (C=O) groups excluding carboxylic acids is 3. The molecule has 4 rings (SSSR count). The van der Waals surface area contributed by atoms with Gasteiger partial charge in [0.2, 0.25) is 5.91 Å². The molecule has 3 unspecified atom stereocenters. The topological polar surface area (TPSA) is 113 Å². The first-order valence-corrected chi connectivity index (χ1v) is 15.3. The number of rotatable bonds is 8. The van der Waals surface area contributed by atoms with Gasteiger partial charge in [0.15, 0.2) is 0 Å². The lowest BCUT2D eigenvalue weighted by Gasteiger charge is -2.51. The quantitative estimate of drug-likeness (QED) is 0.425. The van der Waals surface area contributed by atoms with Crippen molar-refractivity contribution in [1.29, 1.82) is 0 Å². The third-order valence-electron chi connectivity index (χ3n) is 7.76. The molecule has 0 aromatic heterocycles. The molecule has 0 saturated carbocycles. The normalized spacial score (nSPS) is 24.7. The molecule has 10 nitrogen and oxygen atoms in total. The molecule has 3 atom stereocenters. The summed E-state index contributed by atoms with van der Waals surface area (Å²) in [5.74, 6) is -0.563. The molecule has 1 aromatic rings. The fraction of sp³-hybridized carbons (Fsp3) is 0.667. The number of nitrogens with one attached hydrogen (secondary N) is 1. The maximum Gasteiger partial charge on any atom is 0.410 e. The highest BCUT2D eigenvalue weighted by Gasteiger charge is 2.50. The van der Waals surface area contributed by atoms with Crippen molar-refractivity contribution in [3.63, 3.8) is 0 Å². The van der Waals surface area contributed by atoms with Crippen molar-refractivity contribution in [2.75, 3.05) is 33.0 Å². The Bertz CT molecular complexity index is 1180. The van der Waals surface area contributed by atoms with Gasteiger partial charge in [0.05, 0.1) is 37.5 Å². The van der Waals surface area contributed by atoms with E-state index in [0.717, 1.165) is 36.8 Å². The van der Waals surface area contributed by atoms with E-state index in [1.807, 2.05) is 59.7 Å².